The average molecular weight is 497 g/mol. The van der Waals surface area contributed by atoms with Crippen molar-refractivity contribution in [1.29, 1.82) is 0 Å². The van der Waals surface area contributed by atoms with Gasteiger partial charge in [0.2, 0.25) is 11.8 Å². The zero-order chi connectivity index (χ0) is 24.7. The number of nitrogens with zero attached hydrogens (tertiary/aromatic N) is 1. The molecule has 0 saturated carbocycles. The van der Waals surface area contributed by atoms with Crippen molar-refractivity contribution in [1.82, 2.24) is 10.2 Å². The van der Waals surface area contributed by atoms with Crippen molar-refractivity contribution < 1.29 is 9.59 Å². The number of nitrogens with one attached hydrogen (secondary N) is 1. The minimum atomic E-state index is -0.715. The first-order valence-electron chi connectivity index (χ1n) is 11.4. The molecule has 3 aromatic carbocycles. The highest BCUT2D eigenvalue weighted by atomic mass is 35.5. The molecule has 3 aromatic rings. The van der Waals surface area contributed by atoms with Crippen LogP contribution in [0.1, 0.15) is 34.7 Å². The van der Waals surface area contributed by atoms with Crippen LogP contribution in [0.5, 0.6) is 0 Å². The standard InChI is InChI=1S/C28H30Cl2N2O2/c1-4-31-28(34)26(16-21-9-6-5-7-10-21)32(18-23-24(29)11-8-12-25(23)30)27(33)17-22-14-19(2)13-20(3)15-22/h5-15,26H,4,16-18H2,1-3H3,(H,31,34)/t26-/m0/s1. The molecule has 0 bridgehead atoms. The molecule has 0 aromatic heterocycles. The summed E-state index contributed by atoms with van der Waals surface area (Å²) < 4.78 is 0. The van der Waals surface area contributed by atoms with E-state index >= 15 is 0 Å². The van der Waals surface area contributed by atoms with E-state index in [1.165, 1.54) is 0 Å². The van der Waals surface area contributed by atoms with Crippen molar-refractivity contribution in [2.24, 2.45) is 0 Å². The molecule has 3 rings (SSSR count). The molecular weight excluding hydrogens is 467 g/mol. The maximum Gasteiger partial charge on any atom is 0.243 e. The van der Waals surface area contributed by atoms with Crippen LogP contribution < -0.4 is 5.32 Å². The lowest BCUT2D eigenvalue weighted by atomic mass is 10.0. The van der Waals surface area contributed by atoms with Crippen LogP contribution in [0.15, 0.2) is 66.7 Å². The van der Waals surface area contributed by atoms with E-state index < -0.39 is 6.04 Å². The van der Waals surface area contributed by atoms with Gasteiger partial charge in [-0.25, -0.2) is 0 Å². The predicted octanol–water partition coefficient (Wildman–Crippen LogP) is 5.93. The number of halogens is 2. The van der Waals surface area contributed by atoms with Crippen LogP contribution in [-0.2, 0) is 29.0 Å². The fourth-order valence-electron chi connectivity index (χ4n) is 4.15. The van der Waals surface area contributed by atoms with E-state index in [1.54, 1.807) is 23.1 Å². The van der Waals surface area contributed by atoms with E-state index in [0.29, 0.717) is 28.6 Å². The number of carbonyl (C=O) groups is 2. The Morgan fingerprint density at radius 2 is 1.50 bits per heavy atom. The molecule has 0 unspecified atom stereocenters. The third-order valence-corrected chi connectivity index (χ3v) is 6.36. The Morgan fingerprint density at radius 3 is 2.09 bits per heavy atom. The molecule has 178 valence electrons. The minimum Gasteiger partial charge on any atom is -0.355 e. The maximum atomic E-state index is 13.8. The maximum absolute atomic E-state index is 13.8. The summed E-state index contributed by atoms with van der Waals surface area (Å²) >= 11 is 12.9. The fraction of sp³-hybridized carbons (Fsp3) is 0.286. The van der Waals surface area contributed by atoms with Crippen LogP contribution in [0.4, 0.5) is 0 Å². The Morgan fingerprint density at radius 1 is 0.882 bits per heavy atom. The first-order chi connectivity index (χ1) is 16.3. The second-order valence-electron chi connectivity index (χ2n) is 8.49. The number of likely N-dealkylation sites (N-methyl/N-ethyl adjacent to an activating group) is 1. The molecule has 0 spiro atoms. The van der Waals surface area contributed by atoms with Crippen molar-refractivity contribution in [3.63, 3.8) is 0 Å². The highest BCUT2D eigenvalue weighted by Gasteiger charge is 2.31. The van der Waals surface area contributed by atoms with Crippen LogP contribution in [0, 0.1) is 13.8 Å². The zero-order valence-corrected chi connectivity index (χ0v) is 21.3. The minimum absolute atomic E-state index is 0.136. The van der Waals surface area contributed by atoms with Gasteiger partial charge in [0.25, 0.3) is 0 Å². The number of carbonyl (C=O) groups excluding carboxylic acids is 2. The van der Waals surface area contributed by atoms with Crippen molar-refractivity contribution in [2.75, 3.05) is 6.54 Å². The highest BCUT2D eigenvalue weighted by molar-refractivity contribution is 6.36. The lowest BCUT2D eigenvalue weighted by Gasteiger charge is -2.32. The Kier molecular flexibility index (Phi) is 9.14. The van der Waals surface area contributed by atoms with E-state index in [4.69, 9.17) is 23.2 Å². The number of hydrogen-bond donors (Lipinski definition) is 1. The van der Waals surface area contributed by atoms with Crippen LogP contribution in [0.2, 0.25) is 10.0 Å². The molecular formula is C28H30Cl2N2O2. The van der Waals surface area contributed by atoms with Gasteiger partial charge in [-0.05, 0) is 44.0 Å². The van der Waals surface area contributed by atoms with Gasteiger partial charge in [0.1, 0.15) is 6.04 Å². The van der Waals surface area contributed by atoms with Gasteiger partial charge in [-0.1, -0.05) is 88.9 Å². The molecule has 1 atom stereocenters. The molecule has 1 N–H and O–H groups in total. The molecule has 34 heavy (non-hydrogen) atoms. The Bertz CT molecular complexity index is 1110. The Labute approximate surface area is 211 Å². The van der Waals surface area contributed by atoms with Gasteiger partial charge in [0, 0.05) is 35.1 Å². The van der Waals surface area contributed by atoms with Gasteiger partial charge < -0.3 is 10.2 Å². The third kappa shape index (κ3) is 6.85. The summed E-state index contributed by atoms with van der Waals surface area (Å²) in [6, 6.07) is 20.3. The normalized spacial score (nSPS) is 11.7. The van der Waals surface area contributed by atoms with Crippen LogP contribution in [-0.4, -0.2) is 29.3 Å². The summed E-state index contributed by atoms with van der Waals surface area (Å²) in [6.07, 6.45) is 0.558. The van der Waals surface area contributed by atoms with Crippen LogP contribution in [0.25, 0.3) is 0 Å². The molecule has 0 radical (unpaired) electrons. The molecule has 0 fully saturated rings. The van der Waals surface area contributed by atoms with Crippen molar-refractivity contribution in [2.45, 2.75) is 46.2 Å². The first-order valence-corrected chi connectivity index (χ1v) is 12.1. The van der Waals surface area contributed by atoms with Gasteiger partial charge in [-0.2, -0.15) is 0 Å². The molecule has 0 aliphatic carbocycles. The SMILES string of the molecule is CCNC(=O)[C@H](Cc1ccccc1)N(Cc1c(Cl)cccc1Cl)C(=O)Cc1cc(C)cc(C)c1. The topological polar surface area (TPSA) is 49.4 Å². The smallest absolute Gasteiger partial charge is 0.243 e. The van der Waals surface area contributed by atoms with Gasteiger partial charge in [-0.3, -0.25) is 9.59 Å². The number of amides is 2. The van der Waals surface area contributed by atoms with E-state index in [-0.39, 0.29) is 24.8 Å². The molecule has 0 saturated heterocycles. The summed E-state index contributed by atoms with van der Waals surface area (Å²) in [5, 5.41) is 3.83. The molecule has 0 aliphatic rings. The molecule has 2 amide bonds. The number of benzene rings is 3. The van der Waals surface area contributed by atoms with Gasteiger partial charge >= 0.3 is 0 Å². The third-order valence-electron chi connectivity index (χ3n) is 5.65. The Balaban J connectivity index is 2.02. The van der Waals surface area contributed by atoms with Crippen molar-refractivity contribution in [3.05, 3.63) is 105 Å². The van der Waals surface area contributed by atoms with Gasteiger partial charge in [0.05, 0.1) is 6.42 Å². The zero-order valence-electron chi connectivity index (χ0n) is 19.8. The lowest BCUT2D eigenvalue weighted by molar-refractivity contribution is -0.140. The second kappa shape index (κ2) is 12.0. The largest absolute Gasteiger partial charge is 0.355 e. The monoisotopic (exact) mass is 496 g/mol. The van der Waals surface area contributed by atoms with Crippen LogP contribution >= 0.6 is 23.2 Å². The summed E-state index contributed by atoms with van der Waals surface area (Å²) in [7, 11) is 0. The molecule has 0 heterocycles. The molecule has 0 aliphatic heterocycles. The number of hydrogen-bond acceptors (Lipinski definition) is 2. The number of rotatable bonds is 9. The Hall–Kier alpha value is -2.82. The van der Waals surface area contributed by atoms with E-state index in [0.717, 1.165) is 22.3 Å². The summed E-state index contributed by atoms with van der Waals surface area (Å²) in [4.78, 5) is 28.6. The second-order valence-corrected chi connectivity index (χ2v) is 9.31. The number of aryl methyl sites for hydroxylation is 2. The first kappa shape index (κ1) is 25.8. The fourth-order valence-corrected chi connectivity index (χ4v) is 4.66. The van der Waals surface area contributed by atoms with Crippen molar-refractivity contribution in [3.8, 4) is 0 Å². The quantitative estimate of drug-likeness (QED) is 0.399. The summed E-state index contributed by atoms with van der Waals surface area (Å²) in [5.41, 5.74) is 4.68. The van der Waals surface area contributed by atoms with Crippen molar-refractivity contribution >= 4 is 35.0 Å². The summed E-state index contributed by atoms with van der Waals surface area (Å²) in [5.74, 6) is -0.364. The lowest BCUT2D eigenvalue weighted by Crippen LogP contribution is -2.51. The molecule has 6 heteroatoms. The van der Waals surface area contributed by atoms with E-state index in [2.05, 4.69) is 11.4 Å². The average Bonchev–Trinajstić information content (AvgIpc) is 2.78. The van der Waals surface area contributed by atoms with E-state index in [1.807, 2.05) is 63.2 Å². The highest BCUT2D eigenvalue weighted by Crippen LogP contribution is 2.27. The van der Waals surface area contributed by atoms with E-state index in [9.17, 15) is 9.59 Å². The molecule has 4 nitrogen and oxygen atoms in total. The predicted molar refractivity (Wildman–Crippen MR) is 139 cm³/mol. The summed E-state index contributed by atoms with van der Waals surface area (Å²) in [6.45, 7) is 6.49. The van der Waals surface area contributed by atoms with Gasteiger partial charge in [-0.15, -0.1) is 0 Å². The van der Waals surface area contributed by atoms with Crippen LogP contribution in [0.3, 0.4) is 0 Å². The van der Waals surface area contributed by atoms with Gasteiger partial charge in [0.15, 0.2) is 0 Å².